The van der Waals surface area contributed by atoms with Crippen LogP contribution < -0.4 is 4.90 Å². The number of likely N-dealkylation sites (N-methyl/N-ethyl adjacent to an activating group) is 1. The molecule has 2 rings (SSSR count). The average molecular weight is 260 g/mol. The molecule has 0 bridgehead atoms. The Morgan fingerprint density at radius 1 is 1.44 bits per heavy atom. The van der Waals surface area contributed by atoms with Gasteiger partial charge in [-0.05, 0) is 20.9 Å². The maximum absolute atomic E-state index is 5.78. The van der Waals surface area contributed by atoms with Crippen molar-refractivity contribution in [1.29, 1.82) is 0 Å². The maximum Gasteiger partial charge on any atom is 0.185 e. The van der Waals surface area contributed by atoms with Crippen molar-refractivity contribution in [1.82, 2.24) is 9.88 Å². The lowest BCUT2D eigenvalue weighted by atomic mass is 10.1. The standard InChI is InChI=1S/C11H18ClN3S/c1-8-5-15(6-9(2)14(8)3)11-13-10(4-12)7-16-11/h7-9H,4-6H2,1-3H3. The Labute approximate surface area is 106 Å². The van der Waals surface area contributed by atoms with Crippen molar-refractivity contribution >= 4 is 28.1 Å². The van der Waals surface area contributed by atoms with Crippen LogP contribution in [0.4, 0.5) is 5.13 Å². The number of nitrogens with zero attached hydrogens (tertiary/aromatic N) is 3. The number of halogens is 1. The van der Waals surface area contributed by atoms with Crippen molar-refractivity contribution in [2.24, 2.45) is 0 Å². The van der Waals surface area contributed by atoms with Crippen molar-refractivity contribution in [2.75, 3.05) is 25.0 Å². The van der Waals surface area contributed by atoms with Gasteiger partial charge < -0.3 is 4.90 Å². The van der Waals surface area contributed by atoms with Gasteiger partial charge in [0.05, 0.1) is 11.6 Å². The van der Waals surface area contributed by atoms with Gasteiger partial charge in [0.1, 0.15) is 0 Å². The van der Waals surface area contributed by atoms with Crippen molar-refractivity contribution in [3.8, 4) is 0 Å². The normalized spacial score (nSPS) is 27.4. The smallest absolute Gasteiger partial charge is 0.185 e. The summed E-state index contributed by atoms with van der Waals surface area (Å²) in [7, 11) is 2.19. The third-order valence-electron chi connectivity index (χ3n) is 3.31. The molecule has 2 heterocycles. The highest BCUT2D eigenvalue weighted by molar-refractivity contribution is 7.13. The highest BCUT2D eigenvalue weighted by Crippen LogP contribution is 2.25. The quantitative estimate of drug-likeness (QED) is 0.761. The molecule has 90 valence electrons. The molecular formula is C11H18ClN3S. The summed E-state index contributed by atoms with van der Waals surface area (Å²) in [4.78, 5) is 9.33. The monoisotopic (exact) mass is 259 g/mol. The number of anilines is 1. The first-order valence-corrected chi connectivity index (χ1v) is 7.00. The first-order chi connectivity index (χ1) is 7.61. The molecule has 1 aromatic heterocycles. The second kappa shape index (κ2) is 4.90. The minimum atomic E-state index is 0.509. The third-order valence-corrected chi connectivity index (χ3v) is 4.53. The first kappa shape index (κ1) is 12.1. The molecule has 1 aliphatic rings. The molecule has 1 saturated heterocycles. The molecule has 2 unspecified atom stereocenters. The number of rotatable bonds is 2. The molecular weight excluding hydrogens is 242 g/mol. The van der Waals surface area contributed by atoms with E-state index in [1.807, 2.05) is 0 Å². The summed E-state index contributed by atoms with van der Waals surface area (Å²) in [6.45, 7) is 6.63. The van der Waals surface area contributed by atoms with Crippen molar-refractivity contribution in [3.05, 3.63) is 11.1 Å². The predicted molar refractivity (Wildman–Crippen MR) is 70.6 cm³/mol. The van der Waals surface area contributed by atoms with Crippen LogP contribution >= 0.6 is 22.9 Å². The van der Waals surface area contributed by atoms with E-state index in [1.165, 1.54) is 0 Å². The lowest BCUT2D eigenvalue weighted by Gasteiger charge is -2.42. The third kappa shape index (κ3) is 2.34. The van der Waals surface area contributed by atoms with Crippen molar-refractivity contribution < 1.29 is 0 Å². The van der Waals surface area contributed by atoms with E-state index in [9.17, 15) is 0 Å². The SMILES string of the molecule is CC1CN(c2nc(CCl)cs2)CC(C)N1C. The van der Waals surface area contributed by atoms with Gasteiger partial charge in [-0.2, -0.15) is 0 Å². The summed E-state index contributed by atoms with van der Waals surface area (Å²) in [6, 6.07) is 1.15. The van der Waals surface area contributed by atoms with Crippen LogP contribution in [-0.4, -0.2) is 42.1 Å². The highest BCUT2D eigenvalue weighted by Gasteiger charge is 2.27. The van der Waals surface area contributed by atoms with Crippen LogP contribution in [0.1, 0.15) is 19.5 Å². The molecule has 3 nitrogen and oxygen atoms in total. The number of thiazole rings is 1. The van der Waals surface area contributed by atoms with Gasteiger partial charge in [-0.25, -0.2) is 4.98 Å². The van der Waals surface area contributed by atoms with E-state index in [0.29, 0.717) is 18.0 Å². The zero-order valence-corrected chi connectivity index (χ0v) is 11.6. The fourth-order valence-corrected chi connectivity index (χ4v) is 3.14. The fraction of sp³-hybridized carbons (Fsp3) is 0.727. The largest absolute Gasteiger partial charge is 0.345 e. The Balaban J connectivity index is 2.10. The predicted octanol–water partition coefficient (Wildman–Crippen LogP) is 2.41. The molecule has 0 aliphatic carbocycles. The Morgan fingerprint density at radius 3 is 2.56 bits per heavy atom. The second-order valence-corrected chi connectivity index (χ2v) is 5.63. The minimum absolute atomic E-state index is 0.509. The maximum atomic E-state index is 5.78. The van der Waals surface area contributed by atoms with Gasteiger partial charge >= 0.3 is 0 Å². The van der Waals surface area contributed by atoms with E-state index in [0.717, 1.165) is 23.9 Å². The lowest BCUT2D eigenvalue weighted by molar-refractivity contribution is 0.170. The summed E-state index contributed by atoms with van der Waals surface area (Å²) in [5.41, 5.74) is 0.987. The topological polar surface area (TPSA) is 19.4 Å². The number of alkyl halides is 1. The minimum Gasteiger partial charge on any atom is -0.345 e. The van der Waals surface area contributed by atoms with Gasteiger partial charge in [-0.1, -0.05) is 0 Å². The van der Waals surface area contributed by atoms with Crippen molar-refractivity contribution in [2.45, 2.75) is 31.8 Å². The molecule has 1 fully saturated rings. The Morgan fingerprint density at radius 2 is 2.06 bits per heavy atom. The molecule has 0 spiro atoms. The van der Waals surface area contributed by atoms with Crippen LogP contribution in [0.5, 0.6) is 0 Å². The van der Waals surface area contributed by atoms with Gasteiger partial charge in [-0.15, -0.1) is 22.9 Å². The van der Waals surface area contributed by atoms with Crippen molar-refractivity contribution in [3.63, 3.8) is 0 Å². The summed E-state index contributed by atoms with van der Waals surface area (Å²) < 4.78 is 0. The van der Waals surface area contributed by atoms with Crippen LogP contribution in [0.25, 0.3) is 0 Å². The lowest BCUT2D eigenvalue weighted by Crippen LogP contribution is -2.55. The molecule has 0 aromatic carbocycles. The Bertz CT molecular complexity index is 343. The van der Waals surface area contributed by atoms with E-state index >= 15 is 0 Å². The van der Waals surface area contributed by atoms with Crippen LogP contribution in [0.2, 0.25) is 0 Å². The molecule has 16 heavy (non-hydrogen) atoms. The van der Waals surface area contributed by atoms with Crippen LogP contribution in [0.3, 0.4) is 0 Å². The number of hydrogen-bond donors (Lipinski definition) is 0. The molecule has 0 radical (unpaired) electrons. The van der Waals surface area contributed by atoms with Crippen LogP contribution in [0, 0.1) is 0 Å². The summed E-state index contributed by atoms with van der Waals surface area (Å²) in [5, 5.41) is 3.16. The van der Waals surface area contributed by atoms with E-state index in [1.54, 1.807) is 11.3 Å². The summed E-state index contributed by atoms with van der Waals surface area (Å²) in [5.74, 6) is 0.509. The van der Waals surface area contributed by atoms with E-state index in [-0.39, 0.29) is 0 Å². The average Bonchev–Trinajstić information content (AvgIpc) is 2.73. The molecule has 1 aromatic rings. The molecule has 0 saturated carbocycles. The Hall–Kier alpha value is -0.320. The second-order valence-electron chi connectivity index (χ2n) is 4.52. The molecule has 0 N–H and O–H groups in total. The highest BCUT2D eigenvalue weighted by atomic mass is 35.5. The van der Waals surface area contributed by atoms with Gasteiger partial charge in [0, 0.05) is 30.6 Å². The van der Waals surface area contributed by atoms with Gasteiger partial charge in [0.2, 0.25) is 0 Å². The summed E-state index contributed by atoms with van der Waals surface area (Å²) in [6.07, 6.45) is 0. The van der Waals surface area contributed by atoms with E-state index in [4.69, 9.17) is 11.6 Å². The van der Waals surface area contributed by atoms with E-state index in [2.05, 4.69) is 41.1 Å². The zero-order chi connectivity index (χ0) is 11.7. The molecule has 0 amide bonds. The number of hydrogen-bond acceptors (Lipinski definition) is 4. The van der Waals surface area contributed by atoms with Gasteiger partial charge in [0.15, 0.2) is 5.13 Å². The first-order valence-electron chi connectivity index (χ1n) is 5.59. The molecule has 5 heteroatoms. The molecule has 2 atom stereocenters. The molecule has 1 aliphatic heterocycles. The van der Waals surface area contributed by atoms with Crippen LogP contribution in [0.15, 0.2) is 5.38 Å². The van der Waals surface area contributed by atoms with E-state index < -0.39 is 0 Å². The van der Waals surface area contributed by atoms with Crippen LogP contribution in [-0.2, 0) is 5.88 Å². The zero-order valence-electron chi connectivity index (χ0n) is 9.98. The van der Waals surface area contributed by atoms with Gasteiger partial charge in [0.25, 0.3) is 0 Å². The number of piperazine rings is 1. The van der Waals surface area contributed by atoms with Gasteiger partial charge in [-0.3, -0.25) is 4.90 Å². The Kier molecular flexibility index (Phi) is 3.72. The number of aromatic nitrogens is 1. The summed E-state index contributed by atoms with van der Waals surface area (Å²) >= 11 is 7.47. The fourth-order valence-electron chi connectivity index (χ4n) is 2.06.